The van der Waals surface area contributed by atoms with Gasteiger partial charge in [-0.2, -0.15) is 0 Å². The van der Waals surface area contributed by atoms with Crippen LogP contribution < -0.4 is 5.32 Å². The molecule has 0 amide bonds. The molecular weight excluding hydrogens is 208 g/mol. The van der Waals surface area contributed by atoms with Crippen molar-refractivity contribution in [2.24, 2.45) is 0 Å². The summed E-state index contributed by atoms with van der Waals surface area (Å²) in [6, 6.07) is 11.6. The van der Waals surface area contributed by atoms with Crippen LogP contribution in [-0.2, 0) is 0 Å². The van der Waals surface area contributed by atoms with Crippen LogP contribution in [0, 0.1) is 0 Å². The second-order valence-electron chi connectivity index (χ2n) is 4.74. The smallest absolute Gasteiger partial charge is 0.0449 e. The first-order valence-electron chi connectivity index (χ1n) is 6.46. The number of rotatable bonds is 3. The van der Waals surface area contributed by atoms with Crippen LogP contribution >= 0.6 is 0 Å². The molecule has 2 atom stereocenters. The van der Waals surface area contributed by atoms with E-state index in [1.165, 1.54) is 12.0 Å². The molecule has 1 saturated heterocycles. The Balaban J connectivity index is 2.09. The Morgan fingerprint density at radius 1 is 1.41 bits per heavy atom. The van der Waals surface area contributed by atoms with Crippen LogP contribution in [0.4, 0.5) is 0 Å². The third-order valence-corrected chi connectivity index (χ3v) is 3.55. The van der Waals surface area contributed by atoms with Crippen molar-refractivity contribution < 1.29 is 0 Å². The summed E-state index contributed by atoms with van der Waals surface area (Å²) in [6.45, 7) is 9.44. The molecule has 0 bridgehead atoms. The van der Waals surface area contributed by atoms with E-state index in [4.69, 9.17) is 0 Å². The van der Waals surface area contributed by atoms with E-state index in [1.54, 1.807) is 0 Å². The van der Waals surface area contributed by atoms with E-state index in [2.05, 4.69) is 54.1 Å². The van der Waals surface area contributed by atoms with Gasteiger partial charge >= 0.3 is 0 Å². The first-order valence-corrected chi connectivity index (χ1v) is 6.46. The molecule has 0 spiro atoms. The minimum Gasteiger partial charge on any atom is -0.309 e. The maximum absolute atomic E-state index is 3.90. The Morgan fingerprint density at radius 3 is 2.88 bits per heavy atom. The van der Waals surface area contributed by atoms with Crippen molar-refractivity contribution in [3.05, 3.63) is 48.6 Å². The fraction of sp³-hybridized carbons (Fsp3) is 0.467. The van der Waals surface area contributed by atoms with Crippen LogP contribution in [-0.4, -0.2) is 30.6 Å². The van der Waals surface area contributed by atoms with Crippen LogP contribution in [0.25, 0.3) is 0 Å². The molecule has 1 aliphatic rings. The first kappa shape index (κ1) is 12.3. The molecule has 2 nitrogen and oxygen atoms in total. The summed E-state index contributed by atoms with van der Waals surface area (Å²) < 4.78 is 0. The van der Waals surface area contributed by atoms with Gasteiger partial charge in [0, 0.05) is 18.6 Å². The average Bonchev–Trinajstić information content (AvgIpc) is 2.64. The van der Waals surface area contributed by atoms with Crippen LogP contribution in [0.2, 0.25) is 0 Å². The highest BCUT2D eigenvalue weighted by atomic mass is 15.2. The number of nitrogens with one attached hydrogen (secondary N) is 1. The lowest BCUT2D eigenvalue weighted by Gasteiger charge is -2.28. The van der Waals surface area contributed by atoms with Gasteiger partial charge in [-0.25, -0.2) is 0 Å². The van der Waals surface area contributed by atoms with Crippen molar-refractivity contribution in [1.29, 1.82) is 0 Å². The predicted octanol–water partition coefficient (Wildman–Crippen LogP) is 2.60. The minimum atomic E-state index is 0.445. The highest BCUT2D eigenvalue weighted by Gasteiger charge is 2.20. The van der Waals surface area contributed by atoms with Crippen molar-refractivity contribution >= 4 is 0 Å². The Labute approximate surface area is 104 Å². The molecule has 1 aliphatic heterocycles. The summed E-state index contributed by atoms with van der Waals surface area (Å²) in [6.07, 6.45) is 3.24. The molecule has 1 aromatic rings. The maximum atomic E-state index is 3.90. The maximum Gasteiger partial charge on any atom is 0.0449 e. The number of nitrogens with zero attached hydrogens (tertiary/aromatic N) is 1. The Hall–Kier alpha value is -1.12. The second kappa shape index (κ2) is 5.99. The number of hydrogen-bond acceptors (Lipinski definition) is 2. The highest BCUT2D eigenvalue weighted by Crippen LogP contribution is 2.18. The molecule has 0 aromatic heterocycles. The molecule has 92 valence electrons. The molecular formula is C15H22N2. The first-order chi connectivity index (χ1) is 8.31. The molecule has 0 saturated carbocycles. The molecule has 17 heavy (non-hydrogen) atoms. The molecule has 1 fully saturated rings. The van der Waals surface area contributed by atoms with Crippen LogP contribution in [0.5, 0.6) is 0 Å². The molecule has 2 unspecified atom stereocenters. The fourth-order valence-corrected chi connectivity index (χ4v) is 2.38. The van der Waals surface area contributed by atoms with E-state index in [0.29, 0.717) is 12.1 Å². The summed E-state index contributed by atoms with van der Waals surface area (Å²) in [7, 11) is 0. The predicted molar refractivity (Wildman–Crippen MR) is 73.0 cm³/mol. The molecule has 1 N–H and O–H groups in total. The van der Waals surface area contributed by atoms with Gasteiger partial charge in [-0.15, -0.1) is 6.58 Å². The van der Waals surface area contributed by atoms with E-state index in [1.807, 2.05) is 6.08 Å². The Bertz CT molecular complexity index is 347. The zero-order valence-corrected chi connectivity index (χ0v) is 10.6. The quantitative estimate of drug-likeness (QED) is 0.803. The third-order valence-electron chi connectivity index (χ3n) is 3.55. The summed E-state index contributed by atoms with van der Waals surface area (Å²) in [5, 5.41) is 3.63. The largest absolute Gasteiger partial charge is 0.309 e. The van der Waals surface area contributed by atoms with Gasteiger partial charge in [0.2, 0.25) is 0 Å². The number of benzene rings is 1. The summed E-state index contributed by atoms with van der Waals surface area (Å²) in [5.41, 5.74) is 1.38. The van der Waals surface area contributed by atoms with Gasteiger partial charge in [0.15, 0.2) is 0 Å². The Morgan fingerprint density at radius 2 is 2.18 bits per heavy atom. The second-order valence-corrected chi connectivity index (χ2v) is 4.74. The van der Waals surface area contributed by atoms with Crippen LogP contribution in [0.15, 0.2) is 43.0 Å². The van der Waals surface area contributed by atoms with E-state index in [0.717, 1.165) is 19.6 Å². The SMILES string of the molecule is C=CC(C)N1CCCNC(c2ccccc2)C1. The van der Waals surface area contributed by atoms with Gasteiger partial charge in [-0.1, -0.05) is 36.4 Å². The molecule has 0 aliphatic carbocycles. The average molecular weight is 230 g/mol. The lowest BCUT2D eigenvalue weighted by atomic mass is 10.1. The monoisotopic (exact) mass is 230 g/mol. The van der Waals surface area contributed by atoms with Gasteiger partial charge in [0.05, 0.1) is 0 Å². The van der Waals surface area contributed by atoms with E-state index < -0.39 is 0 Å². The lowest BCUT2D eigenvalue weighted by molar-refractivity contribution is 0.237. The van der Waals surface area contributed by atoms with E-state index in [-0.39, 0.29) is 0 Å². The van der Waals surface area contributed by atoms with Crippen molar-refractivity contribution in [3.63, 3.8) is 0 Å². The molecule has 0 radical (unpaired) electrons. The van der Waals surface area contributed by atoms with Gasteiger partial charge in [0.1, 0.15) is 0 Å². The molecule has 2 rings (SSSR count). The van der Waals surface area contributed by atoms with E-state index >= 15 is 0 Å². The van der Waals surface area contributed by atoms with Gasteiger partial charge in [0.25, 0.3) is 0 Å². The zero-order chi connectivity index (χ0) is 12.1. The van der Waals surface area contributed by atoms with Crippen molar-refractivity contribution in [2.75, 3.05) is 19.6 Å². The highest BCUT2D eigenvalue weighted by molar-refractivity contribution is 5.19. The van der Waals surface area contributed by atoms with Crippen LogP contribution in [0.1, 0.15) is 24.9 Å². The van der Waals surface area contributed by atoms with Gasteiger partial charge in [-0.05, 0) is 32.0 Å². The standard InChI is InChI=1S/C15H22N2/c1-3-13(2)17-11-7-10-16-15(12-17)14-8-5-4-6-9-14/h3-6,8-9,13,15-16H,1,7,10-12H2,2H3. The summed E-state index contributed by atoms with van der Waals surface area (Å²) in [4.78, 5) is 2.50. The van der Waals surface area contributed by atoms with Crippen molar-refractivity contribution in [3.8, 4) is 0 Å². The topological polar surface area (TPSA) is 15.3 Å². The summed E-state index contributed by atoms with van der Waals surface area (Å²) in [5.74, 6) is 0. The van der Waals surface area contributed by atoms with Crippen molar-refractivity contribution in [1.82, 2.24) is 10.2 Å². The summed E-state index contributed by atoms with van der Waals surface area (Å²) >= 11 is 0. The lowest BCUT2D eigenvalue weighted by Crippen LogP contribution is -2.36. The number of hydrogen-bond donors (Lipinski definition) is 1. The minimum absolute atomic E-state index is 0.445. The zero-order valence-electron chi connectivity index (χ0n) is 10.6. The fourth-order valence-electron chi connectivity index (χ4n) is 2.38. The Kier molecular flexibility index (Phi) is 4.35. The molecule has 1 aromatic carbocycles. The van der Waals surface area contributed by atoms with Crippen molar-refractivity contribution in [2.45, 2.75) is 25.4 Å². The normalized spacial score (nSPS) is 23.9. The van der Waals surface area contributed by atoms with Gasteiger partial charge in [-0.3, -0.25) is 4.90 Å². The van der Waals surface area contributed by atoms with Gasteiger partial charge < -0.3 is 5.32 Å². The third kappa shape index (κ3) is 3.18. The molecule has 1 heterocycles. The van der Waals surface area contributed by atoms with E-state index in [9.17, 15) is 0 Å². The molecule has 2 heteroatoms. The van der Waals surface area contributed by atoms with Crippen LogP contribution in [0.3, 0.4) is 0 Å².